The van der Waals surface area contributed by atoms with Gasteiger partial charge in [0, 0.05) is 29.9 Å². The van der Waals surface area contributed by atoms with E-state index >= 15 is 0 Å². The molecule has 7 atom stereocenters. The Morgan fingerprint density at radius 2 is 1.76 bits per heavy atom. The highest BCUT2D eigenvalue weighted by atomic mass is 16.4. The van der Waals surface area contributed by atoms with Crippen LogP contribution in [0.3, 0.4) is 0 Å². The highest BCUT2D eigenvalue weighted by molar-refractivity contribution is 5.90. The fraction of sp³-hybridized carbons (Fsp3) is 0.724. The van der Waals surface area contributed by atoms with Crippen LogP contribution < -0.4 is 5.73 Å². The molecule has 8 nitrogen and oxygen atoms in total. The lowest BCUT2D eigenvalue weighted by atomic mass is 9.44. The number of rotatable bonds is 7. The van der Waals surface area contributed by atoms with Crippen LogP contribution in [0.4, 0.5) is 0 Å². The number of carbonyl (C=O) groups excluding carboxylic acids is 1. The number of nitrogens with zero attached hydrogens (tertiary/aromatic N) is 1. The van der Waals surface area contributed by atoms with Gasteiger partial charge < -0.3 is 21.2 Å². The highest BCUT2D eigenvalue weighted by Gasteiger charge is 2.61. The average Bonchev–Trinajstić information content (AvgIpc) is 3.17. The van der Waals surface area contributed by atoms with Gasteiger partial charge in [-0.2, -0.15) is 0 Å². The third kappa shape index (κ3) is 6.33. The molecule has 8 heteroatoms. The normalized spacial score (nSPS) is 38.1. The summed E-state index contributed by atoms with van der Waals surface area (Å²) in [6, 6.07) is 0. The predicted molar refractivity (Wildman–Crippen MR) is 141 cm³/mol. The number of fused-ring (bicyclic) bond motifs is 5. The molecule has 0 heterocycles. The minimum atomic E-state index is -1.26. The number of carbonyl (C=O) groups is 3. The first-order valence-electron chi connectivity index (χ1n) is 13.8. The van der Waals surface area contributed by atoms with Crippen LogP contribution in [0.5, 0.6) is 0 Å². The molecule has 0 spiro atoms. The van der Waals surface area contributed by atoms with Crippen LogP contribution in [0.15, 0.2) is 29.5 Å². The molecule has 1 unspecified atom stereocenters. The fourth-order valence-corrected chi connectivity index (χ4v) is 7.99. The van der Waals surface area contributed by atoms with Crippen molar-refractivity contribution in [3.05, 3.63) is 24.3 Å². The zero-order valence-corrected chi connectivity index (χ0v) is 22.3. The van der Waals surface area contributed by atoms with Crippen LogP contribution in [0, 0.1) is 40.4 Å². The zero-order valence-electron chi connectivity index (χ0n) is 22.3. The summed E-state index contributed by atoms with van der Waals surface area (Å²) >= 11 is 0. The van der Waals surface area contributed by atoms with Gasteiger partial charge in [-0.05, 0) is 99.8 Å². The number of ketones is 1. The molecule has 5 N–H and O–H groups in total. The summed E-state index contributed by atoms with van der Waals surface area (Å²) in [6.07, 6.45) is 17.8. The van der Waals surface area contributed by atoms with Crippen LogP contribution in [0.25, 0.3) is 0 Å². The summed E-state index contributed by atoms with van der Waals surface area (Å²) in [6.45, 7) is 5.47. The van der Waals surface area contributed by atoms with E-state index in [0.717, 1.165) is 57.2 Å². The molecule has 4 aliphatic rings. The quantitative estimate of drug-likeness (QED) is 0.121. The van der Waals surface area contributed by atoms with Gasteiger partial charge in [0.25, 0.3) is 0 Å². The summed E-state index contributed by atoms with van der Waals surface area (Å²) in [4.78, 5) is 31.7. The summed E-state index contributed by atoms with van der Waals surface area (Å²) < 4.78 is 0. The lowest BCUT2D eigenvalue weighted by molar-refractivity contribution is -0.134. The van der Waals surface area contributed by atoms with Crippen molar-refractivity contribution in [2.24, 2.45) is 51.3 Å². The Labute approximate surface area is 220 Å². The van der Waals surface area contributed by atoms with E-state index in [1.807, 2.05) is 0 Å². The van der Waals surface area contributed by atoms with E-state index < -0.39 is 11.9 Å². The van der Waals surface area contributed by atoms with Crippen molar-refractivity contribution in [3.63, 3.8) is 0 Å². The van der Waals surface area contributed by atoms with Crippen LogP contribution >= 0.6 is 0 Å². The standard InChI is InChI=1S/C25H40N2O2.C4H4O4/c1-24-12-10-17(7-5-3-4-6-14-26)15-21(24)22(27-29)16-18-19-8-9-23(28)25(19,2)13-11-20(18)24;5-3(6)1-2-4(7)8/h5,7,17-21,29H,3-4,6,8-16,26H2,1-2H3;1-2H,(H,5,6)(H,7,8)/b7-5-,27-22+;2-1+/t17-,18+,19+,20+,21?,24-,25+;/m1./s1. The van der Waals surface area contributed by atoms with Crippen molar-refractivity contribution >= 4 is 23.4 Å². The van der Waals surface area contributed by atoms with Crippen molar-refractivity contribution in [1.29, 1.82) is 0 Å². The summed E-state index contributed by atoms with van der Waals surface area (Å²) in [7, 11) is 0. The van der Waals surface area contributed by atoms with Crippen LogP contribution in [-0.4, -0.2) is 45.4 Å². The van der Waals surface area contributed by atoms with Crippen molar-refractivity contribution in [1.82, 2.24) is 0 Å². The molecular formula is C29H44N2O6. The number of nitrogens with two attached hydrogens (primary N) is 1. The monoisotopic (exact) mass is 516 g/mol. The van der Waals surface area contributed by atoms with Gasteiger partial charge in [0.05, 0.1) is 5.71 Å². The number of oxime groups is 1. The van der Waals surface area contributed by atoms with E-state index in [1.165, 1.54) is 25.7 Å². The lowest BCUT2D eigenvalue weighted by Gasteiger charge is -2.60. The Bertz CT molecular complexity index is 927. The second kappa shape index (κ2) is 12.4. The number of aliphatic carboxylic acids is 2. The van der Waals surface area contributed by atoms with Gasteiger partial charge >= 0.3 is 11.9 Å². The molecule has 4 fully saturated rings. The molecule has 4 aliphatic carbocycles. The van der Waals surface area contributed by atoms with Crippen LogP contribution in [0.2, 0.25) is 0 Å². The maximum Gasteiger partial charge on any atom is 0.328 e. The maximum atomic E-state index is 12.6. The number of Topliss-reactive ketones (excluding diaryl/α,β-unsaturated/α-hetero) is 1. The number of carboxylic acid groups (broad SMARTS) is 2. The van der Waals surface area contributed by atoms with E-state index in [1.54, 1.807) is 0 Å². The van der Waals surface area contributed by atoms with E-state index in [-0.39, 0.29) is 10.8 Å². The van der Waals surface area contributed by atoms with Crippen molar-refractivity contribution in [2.45, 2.75) is 84.5 Å². The number of hydrogen-bond donors (Lipinski definition) is 4. The molecule has 0 aromatic carbocycles. The summed E-state index contributed by atoms with van der Waals surface area (Å²) in [5, 5.41) is 29.4. The first kappa shape index (κ1) is 29.1. The van der Waals surface area contributed by atoms with Crippen molar-refractivity contribution in [3.8, 4) is 0 Å². The topological polar surface area (TPSA) is 150 Å². The fourth-order valence-electron chi connectivity index (χ4n) is 7.99. The largest absolute Gasteiger partial charge is 0.478 e. The Morgan fingerprint density at radius 3 is 2.38 bits per heavy atom. The Hall–Kier alpha value is -2.48. The van der Waals surface area contributed by atoms with Gasteiger partial charge in [-0.15, -0.1) is 0 Å². The maximum absolute atomic E-state index is 12.6. The van der Waals surface area contributed by atoms with Crippen molar-refractivity contribution < 1.29 is 29.8 Å². The Balaban J connectivity index is 0.000000414. The number of hydrogen-bond acceptors (Lipinski definition) is 6. The molecule has 4 saturated carbocycles. The van der Waals surface area contributed by atoms with Gasteiger partial charge in [-0.1, -0.05) is 31.2 Å². The van der Waals surface area contributed by atoms with Gasteiger partial charge in [0.15, 0.2) is 0 Å². The second-order valence-corrected chi connectivity index (χ2v) is 11.9. The Kier molecular flexibility index (Phi) is 9.73. The smallest absolute Gasteiger partial charge is 0.328 e. The number of carboxylic acids is 2. The van der Waals surface area contributed by atoms with Gasteiger partial charge in [0.1, 0.15) is 5.78 Å². The SMILES string of the molecule is C[C@]12CC[C@@H](/C=C\CCCCN)CC1/C(=N/O)C[C@@H]1[C@@H]2CC[C@]2(C)C(=O)CC[C@@H]12.O=C(O)/C=C/C(=O)O. The van der Waals surface area contributed by atoms with E-state index in [9.17, 15) is 19.6 Å². The lowest BCUT2D eigenvalue weighted by Crippen LogP contribution is -2.56. The first-order valence-corrected chi connectivity index (χ1v) is 13.8. The van der Waals surface area contributed by atoms with E-state index in [0.29, 0.717) is 47.5 Å². The van der Waals surface area contributed by atoms with Gasteiger partial charge in [0.2, 0.25) is 0 Å². The third-order valence-corrected chi connectivity index (χ3v) is 9.96. The molecule has 0 aromatic rings. The molecule has 4 rings (SSSR count). The minimum absolute atomic E-state index is 0.117. The average molecular weight is 517 g/mol. The number of unbranched alkanes of at least 4 members (excludes halogenated alkanes) is 2. The predicted octanol–water partition coefficient (Wildman–Crippen LogP) is 5.05. The number of allylic oxidation sites excluding steroid dienone is 2. The van der Waals surface area contributed by atoms with Crippen LogP contribution in [-0.2, 0) is 14.4 Å². The second-order valence-electron chi connectivity index (χ2n) is 11.9. The van der Waals surface area contributed by atoms with E-state index in [2.05, 4.69) is 31.2 Å². The first-order chi connectivity index (χ1) is 17.6. The highest BCUT2D eigenvalue weighted by Crippen LogP contribution is 2.65. The molecular weight excluding hydrogens is 472 g/mol. The molecule has 0 aliphatic heterocycles. The molecule has 0 bridgehead atoms. The zero-order chi connectivity index (χ0) is 27.2. The molecule has 0 aromatic heterocycles. The van der Waals surface area contributed by atoms with E-state index in [4.69, 9.17) is 15.9 Å². The summed E-state index contributed by atoms with van der Waals surface area (Å²) in [5.41, 5.74) is 6.73. The molecule has 206 valence electrons. The molecule has 0 saturated heterocycles. The summed E-state index contributed by atoms with van der Waals surface area (Å²) in [5.74, 6) is 0.651. The van der Waals surface area contributed by atoms with Gasteiger partial charge in [-0.3, -0.25) is 4.79 Å². The van der Waals surface area contributed by atoms with Crippen LogP contribution in [0.1, 0.15) is 84.5 Å². The minimum Gasteiger partial charge on any atom is -0.478 e. The molecule has 0 amide bonds. The molecule has 37 heavy (non-hydrogen) atoms. The van der Waals surface area contributed by atoms with Crippen molar-refractivity contribution in [2.75, 3.05) is 6.54 Å². The molecule has 0 radical (unpaired) electrons. The Morgan fingerprint density at radius 1 is 1.05 bits per heavy atom. The van der Waals surface area contributed by atoms with Gasteiger partial charge in [-0.25, -0.2) is 9.59 Å². The third-order valence-electron chi connectivity index (χ3n) is 9.96.